The summed E-state index contributed by atoms with van der Waals surface area (Å²) in [6, 6.07) is 1.59. The van der Waals surface area contributed by atoms with E-state index in [0.29, 0.717) is 16.0 Å². The molecular weight excluding hydrogens is 272 g/mol. The summed E-state index contributed by atoms with van der Waals surface area (Å²) >= 11 is 3.16. The van der Waals surface area contributed by atoms with Crippen LogP contribution in [0.3, 0.4) is 0 Å². The van der Waals surface area contributed by atoms with Crippen LogP contribution in [0.25, 0.3) is 0 Å². The van der Waals surface area contributed by atoms with E-state index in [9.17, 15) is 8.78 Å². The molecule has 4 nitrogen and oxygen atoms in total. The van der Waals surface area contributed by atoms with Crippen molar-refractivity contribution in [2.75, 3.05) is 17.6 Å². The fourth-order valence-electron chi connectivity index (χ4n) is 0.873. The van der Waals surface area contributed by atoms with Gasteiger partial charge in [0.25, 0.3) is 6.43 Å². The molecule has 15 heavy (non-hydrogen) atoms. The zero-order valence-corrected chi connectivity index (χ0v) is 9.21. The lowest BCUT2D eigenvalue weighted by atomic mass is 10.3. The molecular formula is C8H10BrF2N3O. The number of aliphatic hydroxyl groups is 1. The van der Waals surface area contributed by atoms with E-state index in [2.05, 4.69) is 26.2 Å². The van der Waals surface area contributed by atoms with Crippen LogP contribution >= 0.6 is 15.9 Å². The third-order valence-corrected chi connectivity index (χ3v) is 2.24. The van der Waals surface area contributed by atoms with Gasteiger partial charge in [0.15, 0.2) is 0 Å². The van der Waals surface area contributed by atoms with Crippen LogP contribution in [-0.2, 0) is 0 Å². The second-order valence-electron chi connectivity index (χ2n) is 2.88. The topological polar surface area (TPSA) is 71.2 Å². The maximum absolute atomic E-state index is 12.0. The molecule has 0 aliphatic carbocycles. The summed E-state index contributed by atoms with van der Waals surface area (Å²) in [6.45, 7) is -0.271. The lowest BCUT2D eigenvalue weighted by molar-refractivity contribution is 0.00380. The Labute approximate surface area is 93.6 Å². The number of nitrogens with two attached hydrogens (primary N) is 1. The fraction of sp³-hybridized carbons (Fsp3) is 0.375. The van der Waals surface area contributed by atoms with Crippen LogP contribution in [0.4, 0.5) is 20.3 Å². The summed E-state index contributed by atoms with van der Waals surface area (Å²) < 4.78 is 24.5. The first-order valence-electron chi connectivity index (χ1n) is 4.12. The Morgan fingerprint density at radius 2 is 2.27 bits per heavy atom. The molecule has 0 aliphatic heterocycles. The molecule has 84 valence electrons. The molecule has 1 atom stereocenters. The normalized spacial score (nSPS) is 12.9. The lowest BCUT2D eigenvalue weighted by Gasteiger charge is -2.12. The van der Waals surface area contributed by atoms with E-state index in [0.717, 1.165) is 0 Å². The largest absolute Gasteiger partial charge is 0.397 e. The van der Waals surface area contributed by atoms with E-state index in [1.165, 1.54) is 6.20 Å². The van der Waals surface area contributed by atoms with Crippen molar-refractivity contribution in [3.8, 4) is 0 Å². The average Bonchev–Trinajstić information content (AvgIpc) is 2.15. The average molecular weight is 282 g/mol. The van der Waals surface area contributed by atoms with Crippen LogP contribution in [-0.4, -0.2) is 29.2 Å². The molecule has 0 saturated heterocycles. The first-order chi connectivity index (χ1) is 7.00. The van der Waals surface area contributed by atoms with Gasteiger partial charge in [0.1, 0.15) is 11.9 Å². The van der Waals surface area contributed by atoms with Gasteiger partial charge in [-0.1, -0.05) is 0 Å². The van der Waals surface area contributed by atoms with Crippen LogP contribution in [0.2, 0.25) is 0 Å². The summed E-state index contributed by atoms with van der Waals surface area (Å²) in [7, 11) is 0. The highest BCUT2D eigenvalue weighted by molar-refractivity contribution is 9.10. The van der Waals surface area contributed by atoms with Gasteiger partial charge in [-0.25, -0.2) is 13.8 Å². The number of hydrogen-bond donors (Lipinski definition) is 3. The maximum Gasteiger partial charge on any atom is 0.265 e. The van der Waals surface area contributed by atoms with Crippen molar-refractivity contribution < 1.29 is 13.9 Å². The third kappa shape index (κ3) is 3.60. The van der Waals surface area contributed by atoms with Gasteiger partial charge in [-0.3, -0.25) is 0 Å². The predicted molar refractivity (Wildman–Crippen MR) is 56.8 cm³/mol. The number of aliphatic hydroxyl groups excluding tert-OH is 1. The van der Waals surface area contributed by atoms with Gasteiger partial charge in [-0.2, -0.15) is 0 Å². The van der Waals surface area contributed by atoms with Crippen molar-refractivity contribution in [2.45, 2.75) is 12.5 Å². The Morgan fingerprint density at radius 1 is 1.60 bits per heavy atom. The first kappa shape index (κ1) is 12.1. The highest BCUT2D eigenvalue weighted by Gasteiger charge is 2.16. The summed E-state index contributed by atoms with van der Waals surface area (Å²) in [5.41, 5.74) is 5.90. The SMILES string of the molecule is Nc1cnc(NCC(O)C(F)F)c(Br)c1. The maximum atomic E-state index is 12.0. The standard InChI is InChI=1S/C8H10BrF2N3O/c9-5-1-4(12)2-13-8(5)14-3-6(15)7(10)11/h1-2,6-7,15H,3,12H2,(H,13,14). The zero-order chi connectivity index (χ0) is 11.4. The minimum absolute atomic E-state index is 0.271. The molecule has 0 bridgehead atoms. The van der Waals surface area contributed by atoms with Crippen LogP contribution in [0.5, 0.6) is 0 Å². The highest BCUT2D eigenvalue weighted by Crippen LogP contribution is 2.21. The number of anilines is 2. The Kier molecular flexibility index (Phi) is 4.22. The Morgan fingerprint density at radius 3 is 2.80 bits per heavy atom. The quantitative estimate of drug-likeness (QED) is 0.782. The summed E-state index contributed by atoms with van der Waals surface area (Å²) in [5.74, 6) is 0.365. The van der Waals surface area contributed by atoms with Crippen LogP contribution in [0.1, 0.15) is 0 Å². The number of alkyl halides is 2. The second-order valence-corrected chi connectivity index (χ2v) is 3.74. The molecule has 4 N–H and O–H groups in total. The monoisotopic (exact) mass is 281 g/mol. The van der Waals surface area contributed by atoms with Crippen molar-refractivity contribution in [1.29, 1.82) is 0 Å². The smallest absolute Gasteiger partial charge is 0.265 e. The van der Waals surface area contributed by atoms with Gasteiger partial charge in [-0.05, 0) is 22.0 Å². The van der Waals surface area contributed by atoms with Crippen LogP contribution in [0.15, 0.2) is 16.7 Å². The molecule has 0 aliphatic rings. The fourth-order valence-corrected chi connectivity index (χ4v) is 1.38. The second kappa shape index (κ2) is 5.22. The summed E-state index contributed by atoms with van der Waals surface area (Å²) in [4.78, 5) is 3.87. The minimum atomic E-state index is -2.77. The molecule has 1 aromatic heterocycles. The summed E-state index contributed by atoms with van der Waals surface area (Å²) in [5, 5.41) is 11.4. The Bertz CT molecular complexity index is 338. The number of nitrogen functional groups attached to an aromatic ring is 1. The summed E-state index contributed by atoms with van der Waals surface area (Å²) in [6.07, 6.45) is -3.09. The van der Waals surface area contributed by atoms with Gasteiger partial charge in [0, 0.05) is 6.54 Å². The predicted octanol–water partition coefficient (Wildman–Crippen LogP) is 1.46. The van der Waals surface area contributed by atoms with Gasteiger partial charge in [0.05, 0.1) is 16.4 Å². The van der Waals surface area contributed by atoms with Crippen LogP contribution in [0, 0.1) is 0 Å². The van der Waals surface area contributed by atoms with Gasteiger partial charge in [0.2, 0.25) is 0 Å². The van der Waals surface area contributed by atoms with Crippen molar-refractivity contribution >= 4 is 27.4 Å². The molecule has 0 fully saturated rings. The Balaban J connectivity index is 2.58. The number of nitrogens with zero attached hydrogens (tertiary/aromatic N) is 1. The molecule has 0 saturated carbocycles. The Hall–Kier alpha value is -0.950. The number of nitrogens with one attached hydrogen (secondary N) is 1. The third-order valence-electron chi connectivity index (χ3n) is 1.63. The number of rotatable bonds is 4. The molecule has 0 spiro atoms. The molecule has 0 aromatic carbocycles. The number of aromatic nitrogens is 1. The van der Waals surface area contributed by atoms with Crippen molar-refractivity contribution in [2.24, 2.45) is 0 Å². The highest BCUT2D eigenvalue weighted by atomic mass is 79.9. The molecule has 0 radical (unpaired) electrons. The van der Waals surface area contributed by atoms with Crippen LogP contribution < -0.4 is 11.1 Å². The molecule has 1 rings (SSSR count). The van der Waals surface area contributed by atoms with E-state index in [-0.39, 0.29) is 6.54 Å². The van der Waals surface area contributed by atoms with E-state index in [1.54, 1.807) is 6.07 Å². The van der Waals surface area contributed by atoms with E-state index >= 15 is 0 Å². The van der Waals surface area contributed by atoms with Crippen molar-refractivity contribution in [3.05, 3.63) is 16.7 Å². The molecule has 1 aromatic rings. The van der Waals surface area contributed by atoms with Crippen molar-refractivity contribution in [1.82, 2.24) is 4.98 Å². The number of pyridine rings is 1. The van der Waals surface area contributed by atoms with Gasteiger partial charge < -0.3 is 16.2 Å². The van der Waals surface area contributed by atoms with Crippen molar-refractivity contribution in [3.63, 3.8) is 0 Å². The molecule has 0 amide bonds. The van der Waals surface area contributed by atoms with E-state index < -0.39 is 12.5 Å². The zero-order valence-electron chi connectivity index (χ0n) is 7.62. The minimum Gasteiger partial charge on any atom is -0.397 e. The molecule has 7 heteroatoms. The molecule has 1 heterocycles. The van der Waals surface area contributed by atoms with E-state index in [4.69, 9.17) is 10.8 Å². The molecule has 1 unspecified atom stereocenters. The first-order valence-corrected chi connectivity index (χ1v) is 4.91. The number of hydrogen-bond acceptors (Lipinski definition) is 4. The lowest BCUT2D eigenvalue weighted by Crippen LogP contribution is -2.27. The van der Waals surface area contributed by atoms with Gasteiger partial charge >= 0.3 is 0 Å². The van der Waals surface area contributed by atoms with E-state index in [1.807, 2.05) is 0 Å². The number of halogens is 3. The van der Waals surface area contributed by atoms with Gasteiger partial charge in [-0.15, -0.1) is 0 Å².